The second-order valence-electron chi connectivity index (χ2n) is 6.53. The third-order valence-electron chi connectivity index (χ3n) is 4.55. The number of para-hydroxylation sites is 2. The SMILES string of the molecule is COc1ccccc1N1CCN(CC(=O)NCCn2nc(C)cc2C)C1=O. The third kappa shape index (κ3) is 4.21. The van der Waals surface area contributed by atoms with Gasteiger partial charge in [-0.25, -0.2) is 4.79 Å². The summed E-state index contributed by atoms with van der Waals surface area (Å²) < 4.78 is 7.19. The summed E-state index contributed by atoms with van der Waals surface area (Å²) in [7, 11) is 1.58. The monoisotopic (exact) mass is 371 g/mol. The first-order chi connectivity index (χ1) is 13.0. The van der Waals surface area contributed by atoms with Crippen molar-refractivity contribution in [2.75, 3.05) is 38.2 Å². The van der Waals surface area contributed by atoms with E-state index in [1.807, 2.05) is 48.9 Å². The van der Waals surface area contributed by atoms with Crippen molar-refractivity contribution in [1.82, 2.24) is 20.0 Å². The number of amides is 3. The van der Waals surface area contributed by atoms with Gasteiger partial charge in [-0.15, -0.1) is 0 Å². The minimum absolute atomic E-state index is 0.0433. The molecular weight excluding hydrogens is 346 g/mol. The number of benzene rings is 1. The van der Waals surface area contributed by atoms with Gasteiger partial charge in [0.15, 0.2) is 0 Å². The Hall–Kier alpha value is -3.03. The first kappa shape index (κ1) is 18.8. The van der Waals surface area contributed by atoms with Crippen LogP contribution in [0.4, 0.5) is 10.5 Å². The Kier molecular flexibility index (Phi) is 5.63. The smallest absolute Gasteiger partial charge is 0.325 e. The van der Waals surface area contributed by atoms with Crippen LogP contribution in [0.1, 0.15) is 11.4 Å². The van der Waals surface area contributed by atoms with E-state index in [1.165, 1.54) is 0 Å². The number of urea groups is 1. The van der Waals surface area contributed by atoms with Crippen molar-refractivity contribution in [1.29, 1.82) is 0 Å². The average molecular weight is 371 g/mol. The fourth-order valence-electron chi connectivity index (χ4n) is 3.24. The molecule has 8 nitrogen and oxygen atoms in total. The Morgan fingerprint density at radius 2 is 2.04 bits per heavy atom. The van der Waals surface area contributed by atoms with E-state index >= 15 is 0 Å². The Morgan fingerprint density at radius 3 is 2.74 bits per heavy atom. The fourth-order valence-corrected chi connectivity index (χ4v) is 3.24. The minimum Gasteiger partial charge on any atom is -0.495 e. The van der Waals surface area contributed by atoms with E-state index in [0.29, 0.717) is 31.9 Å². The summed E-state index contributed by atoms with van der Waals surface area (Å²) in [4.78, 5) is 28.1. The lowest BCUT2D eigenvalue weighted by Gasteiger charge is -2.20. The molecule has 1 aliphatic heterocycles. The number of ether oxygens (including phenoxy) is 1. The molecule has 0 aliphatic carbocycles. The van der Waals surface area contributed by atoms with Crippen molar-refractivity contribution < 1.29 is 14.3 Å². The second-order valence-corrected chi connectivity index (χ2v) is 6.53. The van der Waals surface area contributed by atoms with Gasteiger partial charge in [0.1, 0.15) is 12.3 Å². The van der Waals surface area contributed by atoms with E-state index in [4.69, 9.17) is 4.74 Å². The molecule has 1 aromatic heterocycles. The average Bonchev–Trinajstić information content (AvgIpc) is 3.16. The van der Waals surface area contributed by atoms with Gasteiger partial charge in [-0.05, 0) is 32.0 Å². The Bertz CT molecular complexity index is 833. The lowest BCUT2D eigenvalue weighted by molar-refractivity contribution is -0.121. The molecule has 1 saturated heterocycles. The zero-order valence-corrected chi connectivity index (χ0v) is 15.9. The van der Waals surface area contributed by atoms with E-state index in [0.717, 1.165) is 17.1 Å². The van der Waals surface area contributed by atoms with Crippen LogP contribution in [-0.2, 0) is 11.3 Å². The molecule has 0 unspecified atom stereocenters. The Labute approximate surface area is 158 Å². The summed E-state index contributed by atoms with van der Waals surface area (Å²) >= 11 is 0. The number of methoxy groups -OCH3 is 1. The molecule has 2 aromatic rings. The molecule has 1 aliphatic rings. The summed E-state index contributed by atoms with van der Waals surface area (Å²) in [5, 5.41) is 7.22. The zero-order chi connectivity index (χ0) is 19.4. The molecule has 1 N–H and O–H groups in total. The van der Waals surface area contributed by atoms with Crippen molar-refractivity contribution >= 4 is 17.6 Å². The van der Waals surface area contributed by atoms with E-state index in [9.17, 15) is 9.59 Å². The van der Waals surface area contributed by atoms with Crippen LogP contribution in [0.25, 0.3) is 0 Å². The van der Waals surface area contributed by atoms with Gasteiger partial charge in [0.25, 0.3) is 0 Å². The number of nitrogens with one attached hydrogen (secondary N) is 1. The second kappa shape index (κ2) is 8.11. The number of hydrogen-bond donors (Lipinski definition) is 1. The van der Waals surface area contributed by atoms with Gasteiger partial charge in [0.2, 0.25) is 5.91 Å². The van der Waals surface area contributed by atoms with E-state index in [2.05, 4.69) is 10.4 Å². The molecular formula is C19H25N5O3. The first-order valence-electron chi connectivity index (χ1n) is 8.97. The van der Waals surface area contributed by atoms with Crippen LogP contribution in [0.2, 0.25) is 0 Å². The molecule has 0 radical (unpaired) electrons. The molecule has 2 heterocycles. The maximum Gasteiger partial charge on any atom is 0.325 e. The van der Waals surface area contributed by atoms with Gasteiger partial charge in [-0.1, -0.05) is 12.1 Å². The number of carbonyl (C=O) groups is 2. The van der Waals surface area contributed by atoms with Gasteiger partial charge < -0.3 is 15.0 Å². The molecule has 0 spiro atoms. The highest BCUT2D eigenvalue weighted by atomic mass is 16.5. The largest absolute Gasteiger partial charge is 0.495 e. The van der Waals surface area contributed by atoms with Gasteiger partial charge in [0, 0.05) is 25.3 Å². The molecule has 144 valence electrons. The summed E-state index contributed by atoms with van der Waals surface area (Å²) in [5.41, 5.74) is 2.74. The zero-order valence-electron chi connectivity index (χ0n) is 15.9. The molecule has 27 heavy (non-hydrogen) atoms. The number of aryl methyl sites for hydroxylation is 2. The predicted molar refractivity (Wildman–Crippen MR) is 102 cm³/mol. The van der Waals surface area contributed by atoms with Crippen LogP contribution in [-0.4, -0.2) is 59.9 Å². The summed E-state index contributed by atoms with van der Waals surface area (Å²) in [6.07, 6.45) is 0. The highest BCUT2D eigenvalue weighted by Gasteiger charge is 2.32. The van der Waals surface area contributed by atoms with Crippen molar-refractivity contribution in [3.8, 4) is 5.75 Å². The van der Waals surface area contributed by atoms with Gasteiger partial charge in [0.05, 0.1) is 25.0 Å². The summed E-state index contributed by atoms with van der Waals surface area (Å²) in [5.74, 6) is 0.466. The number of rotatable bonds is 7. The summed E-state index contributed by atoms with van der Waals surface area (Å²) in [6, 6.07) is 9.19. The fraction of sp³-hybridized carbons (Fsp3) is 0.421. The number of anilines is 1. The lowest BCUT2D eigenvalue weighted by atomic mass is 10.2. The number of hydrogen-bond acceptors (Lipinski definition) is 4. The van der Waals surface area contributed by atoms with Crippen molar-refractivity contribution in [3.63, 3.8) is 0 Å². The lowest BCUT2D eigenvalue weighted by Crippen LogP contribution is -2.40. The molecule has 1 aromatic carbocycles. The maximum atomic E-state index is 12.7. The standard InChI is InChI=1S/C19H25N5O3/c1-14-12-15(2)24(21-14)9-8-20-18(25)13-22-10-11-23(19(22)26)16-6-4-5-7-17(16)27-3/h4-7,12H,8-11,13H2,1-3H3,(H,20,25). The van der Waals surface area contributed by atoms with Crippen LogP contribution in [0, 0.1) is 13.8 Å². The molecule has 0 saturated carbocycles. The molecule has 0 atom stereocenters. The number of aromatic nitrogens is 2. The number of carbonyl (C=O) groups excluding carboxylic acids is 2. The normalized spacial score (nSPS) is 14.0. The minimum atomic E-state index is -0.187. The highest BCUT2D eigenvalue weighted by molar-refractivity contribution is 5.97. The molecule has 3 rings (SSSR count). The topological polar surface area (TPSA) is 79.7 Å². The van der Waals surface area contributed by atoms with Crippen LogP contribution in [0.3, 0.4) is 0 Å². The van der Waals surface area contributed by atoms with E-state index in [-0.39, 0.29) is 18.5 Å². The third-order valence-corrected chi connectivity index (χ3v) is 4.55. The molecule has 1 fully saturated rings. The maximum absolute atomic E-state index is 12.7. The molecule has 0 bridgehead atoms. The van der Waals surface area contributed by atoms with Crippen LogP contribution in [0.5, 0.6) is 5.75 Å². The summed E-state index contributed by atoms with van der Waals surface area (Å²) in [6.45, 7) is 6.07. The molecule has 3 amide bonds. The van der Waals surface area contributed by atoms with Crippen molar-refractivity contribution in [3.05, 3.63) is 41.7 Å². The quantitative estimate of drug-likeness (QED) is 0.801. The van der Waals surface area contributed by atoms with Crippen molar-refractivity contribution in [2.24, 2.45) is 0 Å². The van der Waals surface area contributed by atoms with Crippen LogP contribution in [0.15, 0.2) is 30.3 Å². The van der Waals surface area contributed by atoms with Crippen LogP contribution < -0.4 is 15.0 Å². The van der Waals surface area contributed by atoms with Gasteiger partial charge in [-0.2, -0.15) is 5.10 Å². The predicted octanol–water partition coefficient (Wildman–Crippen LogP) is 1.57. The Balaban J connectivity index is 1.51. The van der Waals surface area contributed by atoms with Crippen molar-refractivity contribution in [2.45, 2.75) is 20.4 Å². The van der Waals surface area contributed by atoms with Gasteiger partial charge in [-0.3, -0.25) is 14.4 Å². The van der Waals surface area contributed by atoms with E-state index < -0.39 is 0 Å². The first-order valence-corrected chi connectivity index (χ1v) is 8.97. The van der Waals surface area contributed by atoms with E-state index in [1.54, 1.807) is 16.9 Å². The number of nitrogens with zero attached hydrogens (tertiary/aromatic N) is 4. The highest BCUT2D eigenvalue weighted by Crippen LogP contribution is 2.30. The van der Waals surface area contributed by atoms with Crippen LogP contribution >= 0.6 is 0 Å². The van der Waals surface area contributed by atoms with Gasteiger partial charge >= 0.3 is 6.03 Å². The molecule has 8 heteroatoms. The Morgan fingerprint density at radius 1 is 1.26 bits per heavy atom.